The van der Waals surface area contributed by atoms with Crippen LogP contribution < -0.4 is 5.32 Å². The van der Waals surface area contributed by atoms with E-state index in [9.17, 15) is 9.59 Å². The van der Waals surface area contributed by atoms with Crippen molar-refractivity contribution in [2.75, 3.05) is 19.4 Å². The number of anilines is 1. The van der Waals surface area contributed by atoms with Crippen LogP contribution in [0.1, 0.15) is 15.4 Å². The number of nitrogens with zero attached hydrogens (tertiary/aromatic N) is 5. The number of nitrogens with one attached hydrogen (secondary N) is 1. The van der Waals surface area contributed by atoms with Gasteiger partial charge in [0, 0.05) is 25.2 Å². The van der Waals surface area contributed by atoms with E-state index in [0.29, 0.717) is 11.4 Å². The van der Waals surface area contributed by atoms with Crippen LogP contribution in [0.25, 0.3) is 10.6 Å². The van der Waals surface area contributed by atoms with Crippen molar-refractivity contribution in [3.05, 3.63) is 47.2 Å². The number of hydrogen-bond acceptors (Lipinski definition) is 6. The standard InChI is InChI=1S/C17H18N6O2S/c1-11-6-7-14(26-11)16-12(5-4-8-18-16)19-17(25)13-9-23(21-20-13)10-15(24)22(2)3/h4-9H,10H2,1-3H3,(H,19,25). The molecule has 3 aromatic heterocycles. The van der Waals surface area contributed by atoms with Crippen LogP contribution in [-0.2, 0) is 11.3 Å². The maximum Gasteiger partial charge on any atom is 0.277 e. The summed E-state index contributed by atoms with van der Waals surface area (Å²) in [5, 5.41) is 10.5. The van der Waals surface area contributed by atoms with Gasteiger partial charge in [0.1, 0.15) is 12.2 Å². The third kappa shape index (κ3) is 3.94. The molecule has 2 amide bonds. The van der Waals surface area contributed by atoms with E-state index in [-0.39, 0.29) is 18.1 Å². The molecule has 8 nitrogen and oxygen atoms in total. The molecule has 0 saturated heterocycles. The summed E-state index contributed by atoms with van der Waals surface area (Å²) in [5.74, 6) is -0.541. The van der Waals surface area contributed by atoms with Crippen molar-refractivity contribution in [3.63, 3.8) is 0 Å². The Hall–Kier alpha value is -3.07. The summed E-state index contributed by atoms with van der Waals surface area (Å²) in [6, 6.07) is 7.52. The third-order valence-corrected chi connectivity index (χ3v) is 4.60. The first-order chi connectivity index (χ1) is 12.4. The highest BCUT2D eigenvalue weighted by molar-refractivity contribution is 7.15. The summed E-state index contributed by atoms with van der Waals surface area (Å²) in [4.78, 5) is 32.2. The largest absolute Gasteiger partial charge is 0.347 e. The molecule has 0 bridgehead atoms. The van der Waals surface area contributed by atoms with E-state index >= 15 is 0 Å². The molecule has 3 heterocycles. The molecule has 0 saturated carbocycles. The number of hydrogen-bond donors (Lipinski definition) is 1. The number of thiophene rings is 1. The number of aryl methyl sites for hydroxylation is 1. The number of carbonyl (C=O) groups is 2. The first-order valence-corrected chi connectivity index (χ1v) is 8.69. The number of likely N-dealkylation sites (N-methyl/N-ethyl adjacent to an activating group) is 1. The van der Waals surface area contributed by atoms with Gasteiger partial charge in [0.25, 0.3) is 5.91 Å². The second-order valence-electron chi connectivity index (χ2n) is 5.85. The van der Waals surface area contributed by atoms with Crippen molar-refractivity contribution in [3.8, 4) is 10.6 Å². The zero-order valence-electron chi connectivity index (χ0n) is 14.6. The summed E-state index contributed by atoms with van der Waals surface area (Å²) in [7, 11) is 3.31. The van der Waals surface area contributed by atoms with E-state index in [4.69, 9.17) is 0 Å². The van der Waals surface area contributed by atoms with E-state index in [1.54, 1.807) is 43.8 Å². The monoisotopic (exact) mass is 370 g/mol. The molecule has 0 unspecified atom stereocenters. The lowest BCUT2D eigenvalue weighted by molar-refractivity contribution is -0.129. The molecule has 9 heteroatoms. The van der Waals surface area contributed by atoms with Gasteiger partial charge < -0.3 is 10.2 Å². The van der Waals surface area contributed by atoms with Gasteiger partial charge in [0.2, 0.25) is 5.91 Å². The van der Waals surface area contributed by atoms with Gasteiger partial charge in [0.05, 0.1) is 16.8 Å². The number of rotatable bonds is 5. The minimum Gasteiger partial charge on any atom is -0.347 e. The summed E-state index contributed by atoms with van der Waals surface area (Å²) in [5.41, 5.74) is 1.43. The maximum absolute atomic E-state index is 12.5. The SMILES string of the molecule is Cc1ccc(-c2ncccc2NC(=O)c2cn(CC(=O)N(C)C)nn2)s1. The lowest BCUT2D eigenvalue weighted by atomic mass is 10.2. The molecule has 3 aromatic rings. The first-order valence-electron chi connectivity index (χ1n) is 7.87. The zero-order valence-corrected chi connectivity index (χ0v) is 15.4. The smallest absolute Gasteiger partial charge is 0.277 e. The highest BCUT2D eigenvalue weighted by atomic mass is 32.1. The summed E-state index contributed by atoms with van der Waals surface area (Å²) in [6.07, 6.45) is 3.13. The molecule has 0 atom stereocenters. The normalized spacial score (nSPS) is 10.6. The van der Waals surface area contributed by atoms with Crippen molar-refractivity contribution in [2.24, 2.45) is 0 Å². The van der Waals surface area contributed by atoms with Gasteiger partial charge in [-0.3, -0.25) is 14.6 Å². The van der Waals surface area contributed by atoms with E-state index in [1.807, 2.05) is 19.1 Å². The summed E-state index contributed by atoms with van der Waals surface area (Å²) in [6.45, 7) is 2.04. The highest BCUT2D eigenvalue weighted by Gasteiger charge is 2.16. The molecule has 26 heavy (non-hydrogen) atoms. The van der Waals surface area contributed by atoms with Crippen LogP contribution in [0.4, 0.5) is 5.69 Å². The fourth-order valence-electron chi connectivity index (χ4n) is 2.21. The maximum atomic E-state index is 12.5. The molecule has 1 N–H and O–H groups in total. The number of amides is 2. The fourth-order valence-corrected chi connectivity index (χ4v) is 3.09. The molecule has 0 aliphatic heterocycles. The third-order valence-electron chi connectivity index (χ3n) is 3.60. The number of carbonyl (C=O) groups excluding carboxylic acids is 2. The molecular formula is C17H18N6O2S. The molecule has 0 aliphatic carbocycles. The summed E-state index contributed by atoms with van der Waals surface area (Å²) < 4.78 is 1.34. The van der Waals surface area contributed by atoms with Gasteiger partial charge in [-0.2, -0.15) is 0 Å². The Balaban J connectivity index is 1.77. The average molecular weight is 370 g/mol. The molecular weight excluding hydrogens is 352 g/mol. The topological polar surface area (TPSA) is 93.0 Å². The van der Waals surface area contributed by atoms with Crippen LogP contribution in [0.2, 0.25) is 0 Å². The van der Waals surface area contributed by atoms with Crippen molar-refractivity contribution >= 4 is 28.8 Å². The second-order valence-corrected chi connectivity index (χ2v) is 7.14. The molecule has 134 valence electrons. The van der Waals surface area contributed by atoms with Gasteiger partial charge in [-0.25, -0.2) is 4.68 Å². The van der Waals surface area contributed by atoms with Crippen molar-refractivity contribution in [1.29, 1.82) is 0 Å². The van der Waals surface area contributed by atoms with Crippen molar-refractivity contribution in [2.45, 2.75) is 13.5 Å². The van der Waals surface area contributed by atoms with E-state index in [2.05, 4.69) is 20.6 Å². The highest BCUT2D eigenvalue weighted by Crippen LogP contribution is 2.31. The summed E-state index contributed by atoms with van der Waals surface area (Å²) >= 11 is 1.60. The Morgan fingerprint density at radius 2 is 2.08 bits per heavy atom. The minimum absolute atomic E-state index is 0.0277. The van der Waals surface area contributed by atoms with Crippen LogP contribution in [-0.4, -0.2) is 50.8 Å². The predicted octanol–water partition coefficient (Wildman–Crippen LogP) is 2.05. The van der Waals surface area contributed by atoms with Gasteiger partial charge in [-0.1, -0.05) is 5.21 Å². The van der Waals surface area contributed by atoms with Crippen molar-refractivity contribution in [1.82, 2.24) is 24.9 Å². The van der Waals surface area contributed by atoms with Crippen molar-refractivity contribution < 1.29 is 9.59 Å². The molecule has 0 aliphatic rings. The number of aromatic nitrogens is 4. The second kappa shape index (κ2) is 7.44. The van der Waals surface area contributed by atoms with Crippen LogP contribution >= 0.6 is 11.3 Å². The Labute approximate surface area is 154 Å². The Bertz CT molecular complexity index is 946. The fraction of sp³-hybridized carbons (Fsp3) is 0.235. The van der Waals surface area contributed by atoms with E-state index in [0.717, 1.165) is 9.75 Å². The van der Waals surface area contributed by atoms with Gasteiger partial charge >= 0.3 is 0 Å². The molecule has 0 spiro atoms. The molecule has 3 rings (SSSR count). The van der Waals surface area contributed by atoms with Crippen LogP contribution in [0, 0.1) is 6.92 Å². The lowest BCUT2D eigenvalue weighted by Crippen LogP contribution is -2.26. The zero-order chi connectivity index (χ0) is 18.7. The van der Waals surface area contributed by atoms with Gasteiger partial charge in [-0.05, 0) is 31.2 Å². The Kier molecular flexibility index (Phi) is 5.08. The first kappa shape index (κ1) is 17.7. The van der Waals surface area contributed by atoms with E-state index < -0.39 is 5.91 Å². The lowest BCUT2D eigenvalue weighted by Gasteiger charge is -2.09. The Morgan fingerprint density at radius 1 is 1.27 bits per heavy atom. The van der Waals surface area contributed by atoms with Crippen LogP contribution in [0.15, 0.2) is 36.7 Å². The predicted molar refractivity (Wildman–Crippen MR) is 99.0 cm³/mol. The van der Waals surface area contributed by atoms with Crippen LogP contribution in [0.5, 0.6) is 0 Å². The molecule has 0 radical (unpaired) electrons. The van der Waals surface area contributed by atoms with Gasteiger partial charge in [-0.15, -0.1) is 16.4 Å². The molecule has 0 aromatic carbocycles. The van der Waals surface area contributed by atoms with Gasteiger partial charge in [0.15, 0.2) is 5.69 Å². The minimum atomic E-state index is -0.406. The average Bonchev–Trinajstić information content (AvgIpc) is 3.24. The number of pyridine rings is 1. The quantitative estimate of drug-likeness (QED) is 0.742. The van der Waals surface area contributed by atoms with Crippen LogP contribution in [0.3, 0.4) is 0 Å². The molecule has 0 fully saturated rings. The van der Waals surface area contributed by atoms with E-state index in [1.165, 1.54) is 15.8 Å². The Morgan fingerprint density at radius 3 is 2.77 bits per heavy atom.